The second-order valence-electron chi connectivity index (χ2n) is 6.49. The smallest absolute Gasteiger partial charge is 0.310 e. The predicted molar refractivity (Wildman–Crippen MR) is 114 cm³/mol. The van der Waals surface area contributed by atoms with E-state index in [1.54, 1.807) is 11.8 Å². The molecule has 0 fully saturated rings. The number of benzene rings is 3. The van der Waals surface area contributed by atoms with Crippen LogP contribution in [-0.2, 0) is 20.7 Å². The minimum absolute atomic E-state index is 0.151. The van der Waals surface area contributed by atoms with Crippen molar-refractivity contribution in [2.24, 2.45) is 0 Å². The standard InChI is InChI=1S/C23H23NO3S/c1-17-9-11-20(12-10-17)28-14-13-24-22(25)16-27-23(26)15-19-7-4-6-18-5-2-3-8-21(18)19/h2-12H,13-16H2,1H3,(H,24,25). The van der Waals surface area contributed by atoms with E-state index in [2.05, 4.69) is 36.5 Å². The van der Waals surface area contributed by atoms with Crippen LogP contribution in [0.4, 0.5) is 0 Å². The summed E-state index contributed by atoms with van der Waals surface area (Å²) in [5.41, 5.74) is 2.13. The van der Waals surface area contributed by atoms with Gasteiger partial charge in [-0.25, -0.2) is 0 Å². The monoisotopic (exact) mass is 393 g/mol. The van der Waals surface area contributed by atoms with Gasteiger partial charge < -0.3 is 10.1 Å². The minimum atomic E-state index is -0.402. The molecule has 144 valence electrons. The topological polar surface area (TPSA) is 55.4 Å². The van der Waals surface area contributed by atoms with E-state index in [4.69, 9.17) is 4.74 Å². The first-order valence-corrected chi connectivity index (χ1v) is 10.2. The number of amides is 1. The Kier molecular flexibility index (Phi) is 7.09. The molecule has 0 bridgehead atoms. The van der Waals surface area contributed by atoms with E-state index < -0.39 is 5.97 Å². The fourth-order valence-corrected chi connectivity index (χ4v) is 3.61. The van der Waals surface area contributed by atoms with Crippen molar-refractivity contribution in [2.75, 3.05) is 18.9 Å². The highest BCUT2D eigenvalue weighted by molar-refractivity contribution is 7.99. The molecule has 0 saturated heterocycles. The van der Waals surface area contributed by atoms with Crippen molar-refractivity contribution >= 4 is 34.4 Å². The van der Waals surface area contributed by atoms with Crippen LogP contribution in [0, 0.1) is 6.92 Å². The molecule has 3 aromatic rings. The fourth-order valence-electron chi connectivity index (χ4n) is 2.84. The summed E-state index contributed by atoms with van der Waals surface area (Å²) in [5, 5.41) is 4.88. The fraction of sp³-hybridized carbons (Fsp3) is 0.217. The molecular weight excluding hydrogens is 370 g/mol. The van der Waals surface area contributed by atoms with E-state index in [-0.39, 0.29) is 18.9 Å². The zero-order chi connectivity index (χ0) is 19.8. The molecule has 1 amide bonds. The Morgan fingerprint density at radius 2 is 1.71 bits per heavy atom. The Balaban J connectivity index is 1.38. The molecule has 0 aromatic heterocycles. The highest BCUT2D eigenvalue weighted by Crippen LogP contribution is 2.19. The number of carbonyl (C=O) groups excluding carboxylic acids is 2. The number of hydrogen-bond acceptors (Lipinski definition) is 4. The van der Waals surface area contributed by atoms with E-state index >= 15 is 0 Å². The number of thioether (sulfide) groups is 1. The Labute approximate surface area is 169 Å². The maximum atomic E-state index is 12.1. The SMILES string of the molecule is Cc1ccc(SCCNC(=O)COC(=O)Cc2cccc3ccccc23)cc1. The molecule has 0 aliphatic carbocycles. The van der Waals surface area contributed by atoms with Crippen molar-refractivity contribution in [1.82, 2.24) is 5.32 Å². The molecule has 3 rings (SSSR count). The molecule has 3 aromatic carbocycles. The van der Waals surface area contributed by atoms with E-state index in [0.29, 0.717) is 6.54 Å². The first-order chi connectivity index (χ1) is 13.6. The molecule has 0 spiro atoms. The van der Waals surface area contributed by atoms with Gasteiger partial charge >= 0.3 is 5.97 Å². The van der Waals surface area contributed by atoms with Gasteiger partial charge in [-0.05, 0) is 35.4 Å². The van der Waals surface area contributed by atoms with E-state index in [1.165, 1.54) is 10.5 Å². The summed E-state index contributed by atoms with van der Waals surface area (Å²) < 4.78 is 5.13. The molecule has 0 heterocycles. The maximum absolute atomic E-state index is 12.1. The van der Waals surface area contributed by atoms with Crippen LogP contribution in [0.3, 0.4) is 0 Å². The van der Waals surface area contributed by atoms with Gasteiger partial charge in [0.2, 0.25) is 0 Å². The molecule has 28 heavy (non-hydrogen) atoms. The lowest BCUT2D eigenvalue weighted by molar-refractivity contribution is -0.147. The minimum Gasteiger partial charge on any atom is -0.455 e. The number of ether oxygens (including phenoxy) is 1. The average Bonchev–Trinajstić information content (AvgIpc) is 2.71. The lowest BCUT2D eigenvalue weighted by Crippen LogP contribution is -2.30. The van der Waals surface area contributed by atoms with Crippen LogP contribution < -0.4 is 5.32 Å². The molecule has 0 unspecified atom stereocenters. The second-order valence-corrected chi connectivity index (χ2v) is 7.66. The number of aryl methyl sites for hydroxylation is 1. The largest absolute Gasteiger partial charge is 0.455 e. The van der Waals surface area contributed by atoms with Gasteiger partial charge in [0.1, 0.15) is 0 Å². The zero-order valence-electron chi connectivity index (χ0n) is 15.8. The average molecular weight is 394 g/mol. The number of esters is 1. The maximum Gasteiger partial charge on any atom is 0.310 e. The Morgan fingerprint density at radius 3 is 2.54 bits per heavy atom. The van der Waals surface area contributed by atoms with Gasteiger partial charge in [-0.2, -0.15) is 0 Å². The first kappa shape index (κ1) is 20.0. The molecule has 0 aliphatic heterocycles. The number of rotatable bonds is 8. The number of hydrogen-bond donors (Lipinski definition) is 1. The molecule has 0 atom stereocenters. The van der Waals surface area contributed by atoms with Crippen LogP contribution in [0.5, 0.6) is 0 Å². The van der Waals surface area contributed by atoms with E-state index in [9.17, 15) is 9.59 Å². The third kappa shape index (κ3) is 5.86. The van der Waals surface area contributed by atoms with Gasteiger partial charge in [0.25, 0.3) is 5.91 Å². The van der Waals surface area contributed by atoms with Gasteiger partial charge in [0.05, 0.1) is 6.42 Å². The molecule has 0 saturated carbocycles. The van der Waals surface area contributed by atoms with Gasteiger partial charge in [-0.3, -0.25) is 9.59 Å². The Morgan fingerprint density at radius 1 is 0.964 bits per heavy atom. The summed E-state index contributed by atoms with van der Waals surface area (Å²) in [6.07, 6.45) is 0.151. The third-order valence-corrected chi connectivity index (χ3v) is 5.31. The van der Waals surface area contributed by atoms with E-state index in [1.807, 2.05) is 42.5 Å². The van der Waals surface area contributed by atoms with Gasteiger partial charge in [-0.15, -0.1) is 11.8 Å². The second kappa shape index (κ2) is 9.95. The Hall–Kier alpha value is -2.79. The molecule has 0 radical (unpaired) electrons. The molecule has 5 heteroatoms. The van der Waals surface area contributed by atoms with Crippen molar-refractivity contribution in [3.63, 3.8) is 0 Å². The van der Waals surface area contributed by atoms with Crippen LogP contribution in [0.1, 0.15) is 11.1 Å². The van der Waals surface area contributed by atoms with Crippen LogP contribution in [0.25, 0.3) is 10.8 Å². The summed E-state index contributed by atoms with van der Waals surface area (Å²) in [6, 6.07) is 22.0. The molecule has 0 aliphatic rings. The van der Waals surface area contributed by atoms with Crippen molar-refractivity contribution in [3.8, 4) is 0 Å². The van der Waals surface area contributed by atoms with Crippen molar-refractivity contribution in [1.29, 1.82) is 0 Å². The zero-order valence-corrected chi connectivity index (χ0v) is 16.6. The quantitative estimate of drug-likeness (QED) is 0.355. The van der Waals surface area contributed by atoms with Crippen molar-refractivity contribution < 1.29 is 14.3 Å². The van der Waals surface area contributed by atoms with Crippen LogP contribution in [0.2, 0.25) is 0 Å². The molecule has 4 nitrogen and oxygen atoms in total. The number of fused-ring (bicyclic) bond motifs is 1. The highest BCUT2D eigenvalue weighted by Gasteiger charge is 2.10. The van der Waals surface area contributed by atoms with Gasteiger partial charge in [-0.1, -0.05) is 60.2 Å². The van der Waals surface area contributed by atoms with Crippen molar-refractivity contribution in [2.45, 2.75) is 18.2 Å². The van der Waals surface area contributed by atoms with Crippen molar-refractivity contribution in [3.05, 3.63) is 77.9 Å². The summed E-state index contributed by atoms with van der Waals surface area (Å²) in [5.74, 6) is 0.0787. The first-order valence-electron chi connectivity index (χ1n) is 9.20. The molecular formula is C23H23NO3S. The summed E-state index contributed by atoms with van der Waals surface area (Å²) >= 11 is 1.68. The third-order valence-electron chi connectivity index (χ3n) is 4.29. The molecule has 1 N–H and O–H groups in total. The lowest BCUT2D eigenvalue weighted by atomic mass is 10.0. The summed E-state index contributed by atoms with van der Waals surface area (Å²) in [6.45, 7) is 2.33. The normalized spacial score (nSPS) is 10.6. The van der Waals surface area contributed by atoms with Crippen LogP contribution in [0.15, 0.2) is 71.6 Å². The highest BCUT2D eigenvalue weighted by atomic mass is 32.2. The summed E-state index contributed by atoms with van der Waals surface area (Å²) in [4.78, 5) is 25.1. The predicted octanol–water partition coefficient (Wildman–Crippen LogP) is 4.14. The lowest BCUT2D eigenvalue weighted by Gasteiger charge is -2.08. The summed E-state index contributed by atoms with van der Waals surface area (Å²) in [7, 11) is 0. The number of nitrogens with one attached hydrogen (secondary N) is 1. The van der Waals surface area contributed by atoms with Gasteiger partial charge in [0.15, 0.2) is 6.61 Å². The van der Waals surface area contributed by atoms with E-state index in [0.717, 1.165) is 22.1 Å². The van der Waals surface area contributed by atoms with Crippen LogP contribution in [-0.4, -0.2) is 30.8 Å². The van der Waals surface area contributed by atoms with Gasteiger partial charge in [0, 0.05) is 17.2 Å². The Bertz CT molecular complexity index is 948. The number of carbonyl (C=O) groups is 2. The van der Waals surface area contributed by atoms with Crippen LogP contribution >= 0.6 is 11.8 Å².